The minimum Gasteiger partial charge on any atom is -0.507 e. The summed E-state index contributed by atoms with van der Waals surface area (Å²) >= 11 is 1.37. The molecule has 0 spiro atoms. The highest BCUT2D eigenvalue weighted by Gasteiger charge is 2.48. The standard InChI is InChI=1S/C27H25N3O6S/c1-4-10-36-16-8-5-7-15(12-16)24(31)22-23(21-9-6-11-37-21)30(26(33)25(22)32)27-28-17-13-19(34-2)20(35-3)14-18(17)29-27/h5-9,11-14,23,31H,4,10H2,1-3H3,(H,28,29)/b24-22+. The van der Waals surface area contributed by atoms with E-state index in [0.717, 1.165) is 6.42 Å². The predicted octanol–water partition coefficient (Wildman–Crippen LogP) is 5.06. The maximum absolute atomic E-state index is 13.4. The molecule has 1 amide bonds. The Bertz CT molecular complexity index is 1470. The SMILES string of the molecule is CCCOc1cccc(/C(O)=C2\C(=O)C(=O)N(c3nc4cc(OC)c(OC)cc4[nH]3)C2c2cccs2)c1. The molecule has 2 aromatic carbocycles. The number of rotatable bonds is 8. The lowest BCUT2D eigenvalue weighted by molar-refractivity contribution is -0.132. The third-order valence-corrected chi connectivity index (χ3v) is 6.97. The smallest absolute Gasteiger partial charge is 0.302 e. The summed E-state index contributed by atoms with van der Waals surface area (Å²) < 4.78 is 16.4. The van der Waals surface area contributed by atoms with Crippen molar-refractivity contribution < 1.29 is 28.9 Å². The fourth-order valence-electron chi connectivity index (χ4n) is 4.31. The van der Waals surface area contributed by atoms with Crippen molar-refractivity contribution in [3.63, 3.8) is 0 Å². The highest BCUT2D eigenvalue weighted by atomic mass is 32.1. The molecule has 9 nitrogen and oxygen atoms in total. The Morgan fingerprint density at radius 1 is 1.11 bits per heavy atom. The Morgan fingerprint density at radius 2 is 1.89 bits per heavy atom. The minimum absolute atomic E-state index is 0.0179. The number of hydrogen-bond donors (Lipinski definition) is 2. The molecule has 4 aromatic rings. The number of aliphatic hydroxyl groups excluding tert-OH is 1. The molecule has 0 aliphatic carbocycles. The molecule has 1 aliphatic rings. The number of nitrogens with zero attached hydrogens (tertiary/aromatic N) is 2. The second kappa shape index (κ2) is 9.98. The number of benzene rings is 2. The van der Waals surface area contributed by atoms with Gasteiger partial charge in [-0.25, -0.2) is 4.98 Å². The van der Waals surface area contributed by atoms with E-state index < -0.39 is 17.7 Å². The van der Waals surface area contributed by atoms with Crippen LogP contribution in [0.4, 0.5) is 5.95 Å². The molecule has 1 aliphatic heterocycles. The Balaban J connectivity index is 1.65. The second-order valence-electron chi connectivity index (χ2n) is 8.35. The summed E-state index contributed by atoms with van der Waals surface area (Å²) in [7, 11) is 3.05. The van der Waals surface area contributed by atoms with Crippen molar-refractivity contribution in [3.8, 4) is 17.2 Å². The van der Waals surface area contributed by atoms with Crippen LogP contribution in [0.1, 0.15) is 29.8 Å². The molecule has 37 heavy (non-hydrogen) atoms. The third-order valence-electron chi connectivity index (χ3n) is 6.04. The van der Waals surface area contributed by atoms with Crippen LogP contribution in [0.2, 0.25) is 0 Å². The molecular formula is C27H25N3O6S. The van der Waals surface area contributed by atoms with Gasteiger partial charge in [0.25, 0.3) is 5.78 Å². The van der Waals surface area contributed by atoms with Crippen molar-refractivity contribution in [3.05, 3.63) is 69.9 Å². The van der Waals surface area contributed by atoms with E-state index in [1.165, 1.54) is 30.5 Å². The number of hydrogen-bond acceptors (Lipinski definition) is 8. The van der Waals surface area contributed by atoms with E-state index in [1.54, 1.807) is 36.4 Å². The van der Waals surface area contributed by atoms with Gasteiger partial charge in [0.15, 0.2) is 11.5 Å². The van der Waals surface area contributed by atoms with Gasteiger partial charge in [-0.15, -0.1) is 11.3 Å². The first-order valence-electron chi connectivity index (χ1n) is 11.7. The van der Waals surface area contributed by atoms with Crippen LogP contribution in [-0.2, 0) is 9.59 Å². The first-order valence-corrected chi connectivity index (χ1v) is 12.5. The largest absolute Gasteiger partial charge is 0.507 e. The van der Waals surface area contributed by atoms with Crippen molar-refractivity contribution in [2.24, 2.45) is 0 Å². The van der Waals surface area contributed by atoms with Gasteiger partial charge in [0.05, 0.1) is 37.4 Å². The Labute approximate surface area is 216 Å². The van der Waals surface area contributed by atoms with E-state index >= 15 is 0 Å². The number of aliphatic hydroxyl groups is 1. The van der Waals surface area contributed by atoms with Crippen molar-refractivity contribution in [1.29, 1.82) is 0 Å². The van der Waals surface area contributed by atoms with E-state index in [9.17, 15) is 14.7 Å². The van der Waals surface area contributed by atoms with Gasteiger partial charge in [-0.1, -0.05) is 25.1 Å². The number of methoxy groups -OCH3 is 2. The van der Waals surface area contributed by atoms with Gasteiger partial charge in [-0.2, -0.15) is 0 Å². The van der Waals surface area contributed by atoms with Gasteiger partial charge < -0.3 is 24.3 Å². The Hall–Kier alpha value is -4.31. The summed E-state index contributed by atoms with van der Waals surface area (Å²) in [6, 6.07) is 13.0. The maximum atomic E-state index is 13.4. The number of thiophene rings is 1. The van der Waals surface area contributed by atoms with Crippen LogP contribution in [-0.4, -0.2) is 47.6 Å². The normalized spacial score (nSPS) is 16.9. The molecule has 1 fully saturated rings. The topological polar surface area (TPSA) is 114 Å². The molecule has 10 heteroatoms. The number of anilines is 1. The van der Waals surface area contributed by atoms with Crippen molar-refractivity contribution in [2.75, 3.05) is 25.7 Å². The van der Waals surface area contributed by atoms with E-state index in [4.69, 9.17) is 14.2 Å². The summed E-state index contributed by atoms with van der Waals surface area (Å²) in [6.45, 7) is 2.52. The summed E-state index contributed by atoms with van der Waals surface area (Å²) in [5.41, 5.74) is 1.49. The number of aromatic amines is 1. The van der Waals surface area contributed by atoms with Gasteiger partial charge >= 0.3 is 5.91 Å². The lowest BCUT2D eigenvalue weighted by atomic mass is 10.00. The van der Waals surface area contributed by atoms with Crippen LogP contribution in [0.3, 0.4) is 0 Å². The second-order valence-corrected chi connectivity index (χ2v) is 9.32. The first kappa shape index (κ1) is 24.4. The van der Waals surface area contributed by atoms with E-state index in [1.807, 2.05) is 24.4 Å². The average molecular weight is 520 g/mol. The maximum Gasteiger partial charge on any atom is 0.302 e. The van der Waals surface area contributed by atoms with E-state index in [0.29, 0.717) is 45.3 Å². The number of fused-ring (bicyclic) bond motifs is 1. The summed E-state index contributed by atoms with van der Waals surface area (Å²) in [4.78, 5) is 36.5. The number of aromatic nitrogens is 2. The predicted molar refractivity (Wildman–Crippen MR) is 141 cm³/mol. The fourth-order valence-corrected chi connectivity index (χ4v) is 5.14. The number of imidazole rings is 1. The van der Waals surface area contributed by atoms with Gasteiger partial charge in [0.1, 0.15) is 17.6 Å². The van der Waals surface area contributed by atoms with Gasteiger partial charge in [-0.05, 0) is 30.0 Å². The lowest BCUT2D eigenvalue weighted by Crippen LogP contribution is -2.30. The Kier molecular flexibility index (Phi) is 6.58. The molecule has 0 bridgehead atoms. The molecule has 0 radical (unpaired) electrons. The number of Topliss-reactive ketones (excluding diaryl/α,β-unsaturated/α-hetero) is 1. The van der Waals surface area contributed by atoms with Gasteiger partial charge in [0.2, 0.25) is 5.95 Å². The van der Waals surface area contributed by atoms with Crippen molar-refractivity contribution in [1.82, 2.24) is 9.97 Å². The average Bonchev–Trinajstić information content (AvgIpc) is 3.64. The summed E-state index contributed by atoms with van der Waals surface area (Å²) in [6.07, 6.45) is 0.828. The van der Waals surface area contributed by atoms with Gasteiger partial charge in [0, 0.05) is 22.6 Å². The summed E-state index contributed by atoms with van der Waals surface area (Å²) in [5, 5.41) is 13.2. The van der Waals surface area contributed by atoms with Crippen molar-refractivity contribution >= 4 is 45.8 Å². The number of carbonyl (C=O) groups excluding carboxylic acids is 2. The minimum atomic E-state index is -0.871. The van der Waals surface area contributed by atoms with Crippen LogP contribution in [0.15, 0.2) is 59.5 Å². The fraction of sp³-hybridized carbons (Fsp3) is 0.222. The molecule has 5 rings (SSSR count). The number of ketones is 1. The third kappa shape index (κ3) is 4.29. The van der Waals surface area contributed by atoms with Crippen LogP contribution < -0.4 is 19.1 Å². The van der Waals surface area contributed by atoms with Crippen LogP contribution in [0.25, 0.3) is 16.8 Å². The molecule has 2 aromatic heterocycles. The number of H-pyrrole nitrogens is 1. The Morgan fingerprint density at radius 3 is 2.59 bits per heavy atom. The molecule has 3 heterocycles. The monoisotopic (exact) mass is 519 g/mol. The molecule has 1 unspecified atom stereocenters. The number of ether oxygens (including phenoxy) is 3. The highest BCUT2D eigenvalue weighted by Crippen LogP contribution is 2.44. The zero-order valence-corrected chi connectivity index (χ0v) is 21.3. The zero-order chi connectivity index (χ0) is 26.1. The number of nitrogens with one attached hydrogen (secondary N) is 1. The molecule has 1 saturated heterocycles. The van der Waals surface area contributed by atoms with Crippen LogP contribution >= 0.6 is 11.3 Å². The number of amides is 1. The number of carbonyl (C=O) groups is 2. The molecule has 1 atom stereocenters. The first-order chi connectivity index (χ1) is 18.0. The zero-order valence-electron chi connectivity index (χ0n) is 20.5. The summed E-state index contributed by atoms with van der Waals surface area (Å²) in [5.74, 6) is -0.163. The lowest BCUT2D eigenvalue weighted by Gasteiger charge is -2.21. The van der Waals surface area contributed by atoms with E-state index in [2.05, 4.69) is 9.97 Å². The highest BCUT2D eigenvalue weighted by molar-refractivity contribution is 7.10. The molecular weight excluding hydrogens is 494 g/mol. The molecule has 2 N–H and O–H groups in total. The molecule has 0 saturated carbocycles. The van der Waals surface area contributed by atoms with Crippen LogP contribution in [0, 0.1) is 0 Å². The van der Waals surface area contributed by atoms with Crippen molar-refractivity contribution in [2.45, 2.75) is 19.4 Å². The van der Waals surface area contributed by atoms with Gasteiger partial charge in [-0.3, -0.25) is 14.5 Å². The van der Waals surface area contributed by atoms with E-state index in [-0.39, 0.29) is 17.3 Å². The molecule has 190 valence electrons. The quantitative estimate of drug-likeness (QED) is 0.190. The van der Waals surface area contributed by atoms with Crippen LogP contribution in [0.5, 0.6) is 17.2 Å².